The molecule has 1 atom stereocenters. The van der Waals surface area contributed by atoms with E-state index in [1.165, 1.54) is 77.7 Å². The standard InChI is InChI=1S/C23H34N2/c1-3-7-20(8-4-1)19-24-15-17-25(18-16-24)23-13-11-22(12-14-23)21-9-5-2-6-10-21/h1-3,5-6,9-10,20,22-23H,4,7-8,11-19H2/p+2/t20-,22?,23?/m0/s1. The fourth-order valence-electron chi connectivity index (χ4n) is 5.55. The molecule has 2 nitrogen and oxygen atoms in total. The predicted octanol–water partition coefficient (Wildman–Crippen LogP) is 1.85. The third-order valence-corrected chi connectivity index (χ3v) is 7.13. The van der Waals surface area contributed by atoms with Gasteiger partial charge in [-0.1, -0.05) is 42.5 Å². The maximum Gasteiger partial charge on any atom is 0.127 e. The lowest BCUT2D eigenvalue weighted by Gasteiger charge is -2.38. The minimum Gasteiger partial charge on any atom is -0.325 e. The van der Waals surface area contributed by atoms with E-state index in [0.29, 0.717) is 0 Å². The van der Waals surface area contributed by atoms with Crippen molar-refractivity contribution in [2.24, 2.45) is 5.92 Å². The number of quaternary nitrogens is 2. The van der Waals surface area contributed by atoms with Crippen molar-refractivity contribution in [3.05, 3.63) is 48.0 Å². The molecule has 0 bridgehead atoms. The van der Waals surface area contributed by atoms with Gasteiger partial charge in [0.1, 0.15) is 26.2 Å². The fourth-order valence-corrected chi connectivity index (χ4v) is 5.55. The zero-order chi connectivity index (χ0) is 16.9. The Balaban J connectivity index is 1.20. The summed E-state index contributed by atoms with van der Waals surface area (Å²) in [6.45, 7) is 7.08. The van der Waals surface area contributed by atoms with Gasteiger partial charge in [-0.25, -0.2) is 0 Å². The lowest BCUT2D eigenvalue weighted by molar-refractivity contribution is -1.03. The molecule has 1 aliphatic heterocycles. The Bertz CT molecular complexity index is 536. The number of allylic oxidation sites excluding steroid dienone is 2. The highest BCUT2D eigenvalue weighted by Gasteiger charge is 2.33. The van der Waals surface area contributed by atoms with Gasteiger partial charge >= 0.3 is 0 Å². The Morgan fingerprint density at radius 2 is 1.56 bits per heavy atom. The van der Waals surface area contributed by atoms with Crippen LogP contribution in [0.25, 0.3) is 0 Å². The van der Waals surface area contributed by atoms with Crippen molar-refractivity contribution in [2.75, 3.05) is 32.7 Å². The van der Waals surface area contributed by atoms with Gasteiger partial charge in [0, 0.05) is 5.92 Å². The molecular formula is C23H36N2+2. The molecule has 2 heteroatoms. The van der Waals surface area contributed by atoms with E-state index in [2.05, 4.69) is 42.5 Å². The average molecular weight is 341 g/mol. The predicted molar refractivity (Wildman–Crippen MR) is 104 cm³/mol. The smallest absolute Gasteiger partial charge is 0.127 e. The van der Waals surface area contributed by atoms with Gasteiger partial charge in [0.25, 0.3) is 0 Å². The minimum absolute atomic E-state index is 0.822. The second kappa shape index (κ2) is 8.51. The minimum atomic E-state index is 0.822. The molecule has 25 heavy (non-hydrogen) atoms. The van der Waals surface area contributed by atoms with Gasteiger partial charge in [-0.15, -0.1) is 0 Å². The van der Waals surface area contributed by atoms with Crippen LogP contribution in [0.2, 0.25) is 0 Å². The lowest BCUT2D eigenvalue weighted by Crippen LogP contribution is -3.29. The molecular weight excluding hydrogens is 304 g/mol. The molecule has 2 N–H and O–H groups in total. The van der Waals surface area contributed by atoms with Crippen LogP contribution in [-0.2, 0) is 0 Å². The van der Waals surface area contributed by atoms with Crippen LogP contribution in [0.5, 0.6) is 0 Å². The number of nitrogens with one attached hydrogen (secondary N) is 2. The summed E-state index contributed by atoms with van der Waals surface area (Å²) in [5.41, 5.74) is 1.58. The highest BCUT2D eigenvalue weighted by molar-refractivity contribution is 5.19. The first-order valence-corrected chi connectivity index (χ1v) is 10.8. The Kier molecular flexibility index (Phi) is 5.89. The maximum absolute atomic E-state index is 2.42. The van der Waals surface area contributed by atoms with Gasteiger partial charge in [0.15, 0.2) is 0 Å². The van der Waals surface area contributed by atoms with Gasteiger partial charge in [-0.05, 0) is 56.4 Å². The molecule has 2 aliphatic carbocycles. The monoisotopic (exact) mass is 340 g/mol. The molecule has 0 spiro atoms. The van der Waals surface area contributed by atoms with Crippen LogP contribution in [0.1, 0.15) is 56.4 Å². The average Bonchev–Trinajstić information content (AvgIpc) is 2.70. The van der Waals surface area contributed by atoms with E-state index >= 15 is 0 Å². The Morgan fingerprint density at radius 3 is 2.24 bits per heavy atom. The number of hydrogen-bond donors (Lipinski definition) is 2. The third kappa shape index (κ3) is 4.54. The summed E-state index contributed by atoms with van der Waals surface area (Å²) >= 11 is 0. The quantitative estimate of drug-likeness (QED) is 0.774. The van der Waals surface area contributed by atoms with Crippen molar-refractivity contribution in [1.29, 1.82) is 0 Å². The van der Waals surface area contributed by atoms with E-state index in [4.69, 9.17) is 0 Å². The van der Waals surface area contributed by atoms with Gasteiger partial charge < -0.3 is 9.80 Å². The zero-order valence-electron chi connectivity index (χ0n) is 15.8. The molecule has 1 saturated carbocycles. The summed E-state index contributed by atoms with van der Waals surface area (Å²) in [4.78, 5) is 3.82. The lowest BCUT2D eigenvalue weighted by atomic mass is 9.81. The van der Waals surface area contributed by atoms with E-state index < -0.39 is 0 Å². The summed E-state index contributed by atoms with van der Waals surface area (Å²) in [6.07, 6.45) is 14.6. The number of rotatable bonds is 4. The summed E-state index contributed by atoms with van der Waals surface area (Å²) in [5, 5.41) is 0. The van der Waals surface area contributed by atoms with Gasteiger partial charge in [0.05, 0.1) is 12.6 Å². The largest absolute Gasteiger partial charge is 0.325 e. The Morgan fingerprint density at radius 1 is 0.800 bits per heavy atom. The summed E-state index contributed by atoms with van der Waals surface area (Å²) in [5.74, 6) is 1.78. The van der Waals surface area contributed by atoms with Gasteiger partial charge in [-0.2, -0.15) is 0 Å². The molecule has 1 saturated heterocycles. The van der Waals surface area contributed by atoms with E-state index in [0.717, 1.165) is 17.9 Å². The molecule has 0 amide bonds. The van der Waals surface area contributed by atoms with Crippen LogP contribution in [0, 0.1) is 5.92 Å². The van der Waals surface area contributed by atoms with Crippen molar-refractivity contribution >= 4 is 0 Å². The second-order valence-corrected chi connectivity index (χ2v) is 8.72. The molecule has 1 aromatic carbocycles. The van der Waals surface area contributed by atoms with E-state index in [1.54, 1.807) is 5.56 Å². The number of hydrogen-bond acceptors (Lipinski definition) is 0. The third-order valence-electron chi connectivity index (χ3n) is 7.13. The molecule has 4 rings (SSSR count). The molecule has 1 heterocycles. The maximum atomic E-state index is 2.42. The highest BCUT2D eigenvalue weighted by Crippen LogP contribution is 2.31. The van der Waals surface area contributed by atoms with Crippen LogP contribution < -0.4 is 9.80 Å². The molecule has 0 unspecified atom stereocenters. The zero-order valence-corrected chi connectivity index (χ0v) is 15.8. The highest BCUT2D eigenvalue weighted by atomic mass is 15.3. The first kappa shape index (κ1) is 17.3. The van der Waals surface area contributed by atoms with Gasteiger partial charge in [0.2, 0.25) is 0 Å². The topological polar surface area (TPSA) is 8.88 Å². The first-order valence-electron chi connectivity index (χ1n) is 10.8. The van der Waals surface area contributed by atoms with Crippen LogP contribution >= 0.6 is 0 Å². The molecule has 1 aromatic rings. The van der Waals surface area contributed by atoms with Crippen molar-refractivity contribution < 1.29 is 9.80 Å². The molecule has 0 radical (unpaired) electrons. The van der Waals surface area contributed by atoms with E-state index in [-0.39, 0.29) is 0 Å². The summed E-state index contributed by atoms with van der Waals surface area (Å²) < 4.78 is 0. The Hall–Kier alpha value is -1.12. The van der Waals surface area contributed by atoms with E-state index in [9.17, 15) is 0 Å². The van der Waals surface area contributed by atoms with E-state index in [1.807, 2.05) is 9.80 Å². The normalized spacial score (nSPS) is 36.2. The van der Waals surface area contributed by atoms with Crippen molar-refractivity contribution in [2.45, 2.75) is 56.9 Å². The molecule has 2 fully saturated rings. The van der Waals surface area contributed by atoms with Crippen LogP contribution in [0.4, 0.5) is 0 Å². The molecule has 136 valence electrons. The number of piperazine rings is 1. The van der Waals surface area contributed by atoms with Gasteiger partial charge in [-0.3, -0.25) is 0 Å². The molecule has 0 aromatic heterocycles. The Labute approximate surface area is 153 Å². The first-order chi connectivity index (χ1) is 12.4. The summed E-state index contributed by atoms with van der Waals surface area (Å²) in [6, 6.07) is 12.2. The fraction of sp³-hybridized carbons (Fsp3) is 0.652. The van der Waals surface area contributed by atoms with Crippen molar-refractivity contribution in [3.8, 4) is 0 Å². The van der Waals surface area contributed by atoms with Crippen molar-refractivity contribution in [3.63, 3.8) is 0 Å². The van der Waals surface area contributed by atoms with Crippen LogP contribution in [0.15, 0.2) is 42.5 Å². The van der Waals surface area contributed by atoms with Crippen LogP contribution in [0.3, 0.4) is 0 Å². The SMILES string of the molecule is C1=CC[C@H](C[NH+]2CC[NH+](C3CCC(c4ccccc4)CC3)CC2)CC1. The second-order valence-electron chi connectivity index (χ2n) is 8.72. The number of benzene rings is 1. The van der Waals surface area contributed by atoms with Crippen molar-refractivity contribution in [1.82, 2.24) is 0 Å². The van der Waals surface area contributed by atoms with Crippen LogP contribution in [-0.4, -0.2) is 38.8 Å². The molecule has 3 aliphatic rings. The summed E-state index contributed by atoms with van der Waals surface area (Å²) in [7, 11) is 0.